The smallest absolute Gasteiger partial charge is 0.225 e. The normalized spacial score (nSPS) is 27.9. The molecule has 1 aromatic heterocycles. The molecule has 0 aromatic carbocycles. The van der Waals surface area contributed by atoms with Crippen molar-refractivity contribution in [3.63, 3.8) is 0 Å². The highest BCUT2D eigenvalue weighted by atomic mass is 35.5. The van der Waals surface area contributed by atoms with Gasteiger partial charge in [-0.1, -0.05) is 26.2 Å². The highest BCUT2D eigenvalue weighted by molar-refractivity contribution is 6.28. The Bertz CT molecular complexity index is 297. The van der Waals surface area contributed by atoms with Gasteiger partial charge in [-0.2, -0.15) is 0 Å². The molecule has 0 saturated heterocycles. The van der Waals surface area contributed by atoms with E-state index in [9.17, 15) is 0 Å². The van der Waals surface area contributed by atoms with Gasteiger partial charge in [-0.3, -0.25) is 0 Å². The molecule has 14 heavy (non-hydrogen) atoms. The van der Waals surface area contributed by atoms with Crippen molar-refractivity contribution in [1.82, 2.24) is 14.8 Å². The van der Waals surface area contributed by atoms with E-state index in [4.69, 9.17) is 11.6 Å². The molecule has 2 unspecified atom stereocenters. The maximum Gasteiger partial charge on any atom is 0.225 e. The lowest BCUT2D eigenvalue weighted by molar-refractivity contribution is 0.261. The predicted molar refractivity (Wildman–Crippen MR) is 56.3 cm³/mol. The molecule has 0 spiro atoms. The van der Waals surface area contributed by atoms with Gasteiger partial charge in [-0.15, -0.1) is 10.2 Å². The van der Waals surface area contributed by atoms with Crippen LogP contribution in [0.2, 0.25) is 5.28 Å². The van der Waals surface area contributed by atoms with E-state index < -0.39 is 0 Å². The van der Waals surface area contributed by atoms with Crippen molar-refractivity contribution >= 4 is 11.6 Å². The first-order valence-electron chi connectivity index (χ1n) is 5.36. The van der Waals surface area contributed by atoms with Gasteiger partial charge in [0.25, 0.3) is 0 Å². The molecule has 3 nitrogen and oxygen atoms in total. The summed E-state index contributed by atoms with van der Waals surface area (Å²) in [5.74, 6) is 0.854. The van der Waals surface area contributed by atoms with Crippen molar-refractivity contribution in [2.75, 3.05) is 0 Å². The van der Waals surface area contributed by atoms with E-state index >= 15 is 0 Å². The number of nitrogens with zero attached hydrogens (tertiary/aromatic N) is 3. The molecule has 78 valence electrons. The fourth-order valence-electron chi connectivity index (χ4n) is 2.36. The van der Waals surface area contributed by atoms with Crippen LogP contribution in [-0.2, 0) is 0 Å². The zero-order chi connectivity index (χ0) is 9.97. The van der Waals surface area contributed by atoms with Crippen LogP contribution in [0.4, 0.5) is 0 Å². The van der Waals surface area contributed by atoms with Gasteiger partial charge in [-0.25, -0.2) is 0 Å². The SMILES string of the molecule is CCC1CCCC(n2cnnc2Cl)C1. The zero-order valence-corrected chi connectivity index (χ0v) is 9.24. The van der Waals surface area contributed by atoms with Gasteiger partial charge in [0.2, 0.25) is 5.28 Å². The van der Waals surface area contributed by atoms with E-state index in [2.05, 4.69) is 17.1 Å². The first-order valence-corrected chi connectivity index (χ1v) is 5.74. The molecule has 1 fully saturated rings. The van der Waals surface area contributed by atoms with Gasteiger partial charge in [0.1, 0.15) is 6.33 Å². The van der Waals surface area contributed by atoms with E-state index in [1.165, 1.54) is 32.1 Å². The van der Waals surface area contributed by atoms with Crippen molar-refractivity contribution in [2.24, 2.45) is 5.92 Å². The second kappa shape index (κ2) is 4.30. The molecule has 0 radical (unpaired) electrons. The molecule has 1 aliphatic carbocycles. The highest BCUT2D eigenvalue weighted by Crippen LogP contribution is 2.34. The average Bonchev–Trinajstić information content (AvgIpc) is 2.65. The molecule has 0 N–H and O–H groups in total. The summed E-state index contributed by atoms with van der Waals surface area (Å²) in [7, 11) is 0. The first kappa shape index (κ1) is 9.97. The minimum Gasteiger partial charge on any atom is -0.301 e. The van der Waals surface area contributed by atoms with E-state index in [1.807, 2.05) is 4.57 Å². The van der Waals surface area contributed by atoms with Gasteiger partial charge in [0.05, 0.1) is 0 Å². The van der Waals surface area contributed by atoms with Gasteiger partial charge in [0.15, 0.2) is 0 Å². The minimum atomic E-state index is 0.524. The Balaban J connectivity index is 2.08. The van der Waals surface area contributed by atoms with E-state index in [0.29, 0.717) is 11.3 Å². The lowest BCUT2D eigenvalue weighted by Crippen LogP contribution is -2.18. The third kappa shape index (κ3) is 1.92. The van der Waals surface area contributed by atoms with Crippen molar-refractivity contribution in [2.45, 2.75) is 45.1 Å². The number of hydrogen-bond acceptors (Lipinski definition) is 2. The summed E-state index contributed by atoms with van der Waals surface area (Å²) in [4.78, 5) is 0. The highest BCUT2D eigenvalue weighted by Gasteiger charge is 2.23. The summed E-state index contributed by atoms with van der Waals surface area (Å²) in [6.07, 6.45) is 8.15. The fourth-order valence-corrected chi connectivity index (χ4v) is 2.58. The van der Waals surface area contributed by atoms with Gasteiger partial charge in [0, 0.05) is 6.04 Å². The van der Waals surface area contributed by atoms with Crippen molar-refractivity contribution in [3.05, 3.63) is 11.6 Å². The van der Waals surface area contributed by atoms with E-state index in [0.717, 1.165) is 5.92 Å². The van der Waals surface area contributed by atoms with Crippen molar-refractivity contribution in [1.29, 1.82) is 0 Å². The zero-order valence-electron chi connectivity index (χ0n) is 8.49. The van der Waals surface area contributed by atoms with Crippen molar-refractivity contribution < 1.29 is 0 Å². The maximum absolute atomic E-state index is 5.95. The Kier molecular flexibility index (Phi) is 3.06. The molecule has 1 saturated carbocycles. The molecule has 4 heteroatoms. The second-order valence-corrected chi connectivity index (χ2v) is 4.44. The van der Waals surface area contributed by atoms with Crippen LogP contribution in [0.3, 0.4) is 0 Å². The first-order chi connectivity index (χ1) is 6.81. The van der Waals surface area contributed by atoms with Crippen LogP contribution < -0.4 is 0 Å². The Morgan fingerprint density at radius 2 is 2.43 bits per heavy atom. The maximum atomic E-state index is 5.95. The average molecular weight is 214 g/mol. The predicted octanol–water partition coefficient (Wildman–Crippen LogP) is 3.07. The summed E-state index contributed by atoms with van der Waals surface area (Å²) < 4.78 is 2.02. The van der Waals surface area contributed by atoms with E-state index in [1.54, 1.807) is 6.33 Å². The number of rotatable bonds is 2. The third-order valence-electron chi connectivity index (χ3n) is 3.26. The summed E-state index contributed by atoms with van der Waals surface area (Å²) in [5, 5.41) is 8.18. The second-order valence-electron chi connectivity index (χ2n) is 4.10. The molecule has 1 heterocycles. The number of hydrogen-bond donors (Lipinski definition) is 0. The molecule has 2 rings (SSSR count). The van der Waals surface area contributed by atoms with Gasteiger partial charge >= 0.3 is 0 Å². The van der Waals surface area contributed by atoms with Crippen LogP contribution in [0.5, 0.6) is 0 Å². The van der Waals surface area contributed by atoms with Crippen LogP contribution in [-0.4, -0.2) is 14.8 Å². The Morgan fingerprint density at radius 3 is 3.07 bits per heavy atom. The third-order valence-corrected chi connectivity index (χ3v) is 3.53. The molecule has 0 amide bonds. The summed E-state index contributed by atoms with van der Waals surface area (Å²) in [6.45, 7) is 2.26. The topological polar surface area (TPSA) is 30.7 Å². The molecular weight excluding hydrogens is 198 g/mol. The fraction of sp³-hybridized carbons (Fsp3) is 0.800. The Morgan fingerprint density at radius 1 is 1.57 bits per heavy atom. The minimum absolute atomic E-state index is 0.524. The summed E-state index contributed by atoms with van der Waals surface area (Å²) >= 11 is 5.95. The molecule has 1 aromatic rings. The molecular formula is C10H16ClN3. The monoisotopic (exact) mass is 213 g/mol. The van der Waals surface area contributed by atoms with Gasteiger partial charge < -0.3 is 4.57 Å². The summed E-state index contributed by atoms with van der Waals surface area (Å²) in [6, 6.07) is 0.524. The number of halogens is 1. The van der Waals surface area contributed by atoms with Crippen LogP contribution in [0, 0.1) is 5.92 Å². The lowest BCUT2D eigenvalue weighted by Gasteiger charge is -2.29. The largest absolute Gasteiger partial charge is 0.301 e. The number of aromatic nitrogens is 3. The van der Waals surface area contributed by atoms with Crippen LogP contribution in [0.25, 0.3) is 0 Å². The standard InChI is InChI=1S/C10H16ClN3/c1-2-8-4-3-5-9(6-8)14-7-12-13-10(14)11/h7-9H,2-6H2,1H3. The van der Waals surface area contributed by atoms with Gasteiger partial charge in [-0.05, 0) is 30.4 Å². The van der Waals surface area contributed by atoms with Crippen LogP contribution >= 0.6 is 11.6 Å². The molecule has 0 bridgehead atoms. The van der Waals surface area contributed by atoms with Crippen LogP contribution in [0.15, 0.2) is 6.33 Å². The quantitative estimate of drug-likeness (QED) is 0.756. The van der Waals surface area contributed by atoms with Crippen LogP contribution in [0.1, 0.15) is 45.1 Å². The lowest BCUT2D eigenvalue weighted by atomic mass is 9.84. The summed E-state index contributed by atoms with van der Waals surface area (Å²) in [5.41, 5.74) is 0. The molecule has 1 aliphatic rings. The van der Waals surface area contributed by atoms with E-state index in [-0.39, 0.29) is 0 Å². The molecule has 0 aliphatic heterocycles. The Hall–Kier alpha value is -0.570. The Labute approximate surface area is 89.5 Å². The molecule has 2 atom stereocenters. The van der Waals surface area contributed by atoms with Crippen molar-refractivity contribution in [3.8, 4) is 0 Å².